The van der Waals surface area contributed by atoms with Gasteiger partial charge in [-0.1, -0.05) is 30.3 Å². The molecule has 0 saturated carbocycles. The van der Waals surface area contributed by atoms with Crippen molar-refractivity contribution in [2.45, 2.75) is 26.4 Å². The van der Waals surface area contributed by atoms with E-state index in [1.54, 1.807) is 6.92 Å². The number of hydrogen-bond acceptors (Lipinski definition) is 3. The van der Waals surface area contributed by atoms with Crippen molar-refractivity contribution in [2.75, 3.05) is 13.2 Å². The first-order valence-electron chi connectivity index (χ1n) is 6.25. The first-order valence-corrected chi connectivity index (χ1v) is 6.25. The number of amides is 2. The van der Waals surface area contributed by atoms with Gasteiger partial charge >= 0.3 is 0 Å². The fraction of sp³-hybridized carbons (Fsp3) is 0.429. The van der Waals surface area contributed by atoms with E-state index in [4.69, 9.17) is 5.11 Å². The highest BCUT2D eigenvalue weighted by Gasteiger charge is 2.20. The Kier molecular flexibility index (Phi) is 6.02. The Hall–Kier alpha value is -1.88. The summed E-state index contributed by atoms with van der Waals surface area (Å²) in [5.41, 5.74) is 0.985. The van der Waals surface area contributed by atoms with Gasteiger partial charge in [-0.3, -0.25) is 9.59 Å². The van der Waals surface area contributed by atoms with E-state index in [9.17, 15) is 9.59 Å². The molecule has 0 heterocycles. The lowest BCUT2D eigenvalue weighted by molar-refractivity contribution is -0.136. The molecule has 1 unspecified atom stereocenters. The van der Waals surface area contributed by atoms with Crippen LogP contribution in [0.4, 0.5) is 0 Å². The summed E-state index contributed by atoms with van der Waals surface area (Å²) >= 11 is 0. The molecule has 5 heteroatoms. The lowest BCUT2D eigenvalue weighted by atomic mass is 10.2. The number of aliphatic hydroxyl groups excluding tert-OH is 1. The maximum atomic E-state index is 12.2. The molecule has 0 fully saturated rings. The highest BCUT2D eigenvalue weighted by Crippen LogP contribution is 2.06. The van der Waals surface area contributed by atoms with E-state index >= 15 is 0 Å². The van der Waals surface area contributed by atoms with Crippen molar-refractivity contribution in [3.8, 4) is 0 Å². The molecule has 1 rings (SSSR count). The maximum Gasteiger partial charge on any atom is 0.245 e. The molecule has 1 aromatic carbocycles. The summed E-state index contributed by atoms with van der Waals surface area (Å²) in [4.78, 5) is 24.7. The van der Waals surface area contributed by atoms with E-state index in [2.05, 4.69) is 5.32 Å². The zero-order valence-electron chi connectivity index (χ0n) is 11.3. The van der Waals surface area contributed by atoms with Gasteiger partial charge < -0.3 is 15.3 Å². The van der Waals surface area contributed by atoms with Gasteiger partial charge in [0.25, 0.3) is 0 Å². The highest BCUT2D eigenvalue weighted by molar-refractivity contribution is 5.86. The van der Waals surface area contributed by atoms with Gasteiger partial charge in [-0.05, 0) is 12.5 Å². The van der Waals surface area contributed by atoms with Crippen molar-refractivity contribution >= 4 is 11.8 Å². The third-order valence-corrected chi connectivity index (χ3v) is 2.69. The first-order chi connectivity index (χ1) is 9.04. The van der Waals surface area contributed by atoms with Gasteiger partial charge in [0.2, 0.25) is 11.8 Å². The smallest absolute Gasteiger partial charge is 0.245 e. The topological polar surface area (TPSA) is 69.6 Å². The van der Waals surface area contributed by atoms with Crippen molar-refractivity contribution in [2.24, 2.45) is 0 Å². The van der Waals surface area contributed by atoms with Crippen LogP contribution in [0.3, 0.4) is 0 Å². The predicted octanol–water partition coefficient (Wildman–Crippen LogP) is 0.532. The second-order valence-corrected chi connectivity index (χ2v) is 4.39. The molecule has 0 bridgehead atoms. The number of nitrogens with zero attached hydrogens (tertiary/aromatic N) is 1. The van der Waals surface area contributed by atoms with E-state index in [1.807, 2.05) is 30.3 Å². The molecule has 2 amide bonds. The summed E-state index contributed by atoms with van der Waals surface area (Å²) in [6, 6.07) is 8.94. The van der Waals surface area contributed by atoms with Crippen molar-refractivity contribution in [1.82, 2.24) is 10.2 Å². The Morgan fingerprint density at radius 2 is 1.95 bits per heavy atom. The van der Waals surface area contributed by atoms with Crippen molar-refractivity contribution in [3.05, 3.63) is 35.9 Å². The minimum atomic E-state index is -0.590. The number of hydrogen-bond donors (Lipinski definition) is 2. The molecule has 1 aromatic rings. The fourth-order valence-electron chi connectivity index (χ4n) is 1.83. The number of benzene rings is 1. The summed E-state index contributed by atoms with van der Waals surface area (Å²) in [7, 11) is 0. The molecule has 0 saturated heterocycles. The summed E-state index contributed by atoms with van der Waals surface area (Å²) in [6.45, 7) is 3.57. The second-order valence-electron chi connectivity index (χ2n) is 4.39. The molecule has 0 radical (unpaired) electrons. The van der Waals surface area contributed by atoms with Gasteiger partial charge in [0.1, 0.15) is 6.04 Å². The van der Waals surface area contributed by atoms with Crippen LogP contribution in [-0.2, 0) is 16.1 Å². The average molecular weight is 264 g/mol. The molecule has 1 atom stereocenters. The van der Waals surface area contributed by atoms with Crippen molar-refractivity contribution in [1.29, 1.82) is 0 Å². The molecular formula is C14H20N2O3. The molecule has 5 nitrogen and oxygen atoms in total. The molecular weight excluding hydrogens is 244 g/mol. The van der Waals surface area contributed by atoms with Gasteiger partial charge in [0.05, 0.1) is 6.61 Å². The quantitative estimate of drug-likeness (QED) is 0.787. The van der Waals surface area contributed by atoms with Crippen LogP contribution >= 0.6 is 0 Å². The van der Waals surface area contributed by atoms with Crippen LogP contribution in [0.2, 0.25) is 0 Å². The van der Waals surface area contributed by atoms with Crippen LogP contribution < -0.4 is 5.32 Å². The average Bonchev–Trinajstić information content (AvgIpc) is 2.38. The van der Waals surface area contributed by atoms with Crippen LogP contribution in [0, 0.1) is 0 Å². The third kappa shape index (κ3) is 5.09. The van der Waals surface area contributed by atoms with Gasteiger partial charge in [0, 0.05) is 20.0 Å². The van der Waals surface area contributed by atoms with Crippen molar-refractivity contribution in [3.63, 3.8) is 0 Å². The van der Waals surface area contributed by atoms with Crippen LogP contribution in [0.15, 0.2) is 30.3 Å². The fourth-order valence-corrected chi connectivity index (χ4v) is 1.83. The van der Waals surface area contributed by atoms with Crippen LogP contribution in [0.25, 0.3) is 0 Å². The van der Waals surface area contributed by atoms with Crippen LogP contribution in [0.1, 0.15) is 19.4 Å². The SMILES string of the molecule is CC(=O)NC(C)C(=O)N(CCO)Cc1ccccc1. The molecule has 19 heavy (non-hydrogen) atoms. The number of rotatable bonds is 6. The van der Waals surface area contributed by atoms with Gasteiger partial charge in [-0.15, -0.1) is 0 Å². The lowest BCUT2D eigenvalue weighted by Gasteiger charge is -2.25. The Morgan fingerprint density at radius 1 is 1.32 bits per heavy atom. The molecule has 104 valence electrons. The molecule has 2 N–H and O–H groups in total. The van der Waals surface area contributed by atoms with E-state index in [1.165, 1.54) is 11.8 Å². The molecule has 0 aliphatic rings. The Bertz CT molecular complexity index is 420. The molecule has 0 aromatic heterocycles. The van der Waals surface area contributed by atoms with E-state index in [-0.39, 0.29) is 25.0 Å². The van der Waals surface area contributed by atoms with Gasteiger partial charge in [0.15, 0.2) is 0 Å². The van der Waals surface area contributed by atoms with Crippen LogP contribution in [0.5, 0.6) is 0 Å². The number of carbonyl (C=O) groups excluding carboxylic acids is 2. The predicted molar refractivity (Wildman–Crippen MR) is 72.2 cm³/mol. The highest BCUT2D eigenvalue weighted by atomic mass is 16.3. The molecule has 0 spiro atoms. The number of carbonyl (C=O) groups is 2. The summed E-state index contributed by atoms with van der Waals surface area (Å²) in [5.74, 6) is -0.447. The number of aliphatic hydroxyl groups is 1. The van der Waals surface area contributed by atoms with Gasteiger partial charge in [-0.2, -0.15) is 0 Å². The Labute approximate surface area is 113 Å². The molecule has 0 aliphatic heterocycles. The largest absolute Gasteiger partial charge is 0.395 e. The summed E-state index contributed by atoms with van der Waals surface area (Å²) < 4.78 is 0. The lowest BCUT2D eigenvalue weighted by Crippen LogP contribution is -2.46. The Morgan fingerprint density at radius 3 is 2.47 bits per heavy atom. The van der Waals surface area contributed by atoms with E-state index < -0.39 is 6.04 Å². The first kappa shape index (κ1) is 15.2. The van der Waals surface area contributed by atoms with Crippen LogP contribution in [-0.4, -0.2) is 41.0 Å². The molecule has 0 aliphatic carbocycles. The van der Waals surface area contributed by atoms with Crippen molar-refractivity contribution < 1.29 is 14.7 Å². The summed E-state index contributed by atoms with van der Waals surface area (Å²) in [6.07, 6.45) is 0. The maximum absolute atomic E-state index is 12.2. The summed E-state index contributed by atoms with van der Waals surface area (Å²) in [5, 5.41) is 11.6. The normalized spacial score (nSPS) is 11.7. The Balaban J connectivity index is 2.71. The zero-order valence-corrected chi connectivity index (χ0v) is 11.3. The van der Waals surface area contributed by atoms with Gasteiger partial charge in [-0.25, -0.2) is 0 Å². The third-order valence-electron chi connectivity index (χ3n) is 2.69. The minimum absolute atomic E-state index is 0.106. The van der Waals surface area contributed by atoms with E-state index in [0.717, 1.165) is 5.56 Å². The minimum Gasteiger partial charge on any atom is -0.395 e. The number of nitrogens with one attached hydrogen (secondary N) is 1. The standard InChI is InChI=1S/C14H20N2O3/c1-11(15-12(2)18)14(19)16(8-9-17)10-13-6-4-3-5-7-13/h3-7,11,17H,8-10H2,1-2H3,(H,15,18). The zero-order chi connectivity index (χ0) is 14.3. The second kappa shape index (κ2) is 7.53. The monoisotopic (exact) mass is 264 g/mol. The van der Waals surface area contributed by atoms with E-state index in [0.29, 0.717) is 6.54 Å².